The maximum Gasteiger partial charge on any atom is 0.242 e. The molecule has 0 aliphatic rings. The minimum absolute atomic E-state index is 0.129. The van der Waals surface area contributed by atoms with E-state index in [-0.39, 0.29) is 5.91 Å². The summed E-state index contributed by atoms with van der Waals surface area (Å²) in [5.74, 6) is -0.129. The SMILES string of the molecule is CN(CCc1ccc(Br)s1)C(=O)C(C)(C)C#N. The number of amides is 1. The summed E-state index contributed by atoms with van der Waals surface area (Å²) in [7, 11) is 1.74. The van der Waals surface area contributed by atoms with Crippen LogP contribution in [0, 0.1) is 16.7 Å². The van der Waals surface area contributed by atoms with Gasteiger partial charge in [-0.3, -0.25) is 4.79 Å². The van der Waals surface area contributed by atoms with Crippen LogP contribution in [0.25, 0.3) is 0 Å². The van der Waals surface area contributed by atoms with E-state index in [0.717, 1.165) is 10.2 Å². The Hall–Kier alpha value is -0.860. The smallest absolute Gasteiger partial charge is 0.242 e. The molecule has 0 spiro atoms. The number of likely N-dealkylation sites (N-methyl/N-ethyl adjacent to an activating group) is 1. The van der Waals surface area contributed by atoms with E-state index in [2.05, 4.69) is 15.9 Å². The molecule has 0 unspecified atom stereocenters. The van der Waals surface area contributed by atoms with Gasteiger partial charge in [0, 0.05) is 18.5 Å². The van der Waals surface area contributed by atoms with Crippen LogP contribution in [0.2, 0.25) is 0 Å². The standard InChI is InChI=1S/C12H15BrN2OS/c1-12(2,8-14)11(16)15(3)7-6-9-4-5-10(13)17-9/h4-5H,6-7H2,1-3H3. The van der Waals surface area contributed by atoms with Gasteiger partial charge in [0.15, 0.2) is 0 Å². The Balaban J connectivity index is 2.53. The third-order valence-electron chi connectivity index (χ3n) is 2.48. The minimum Gasteiger partial charge on any atom is -0.344 e. The summed E-state index contributed by atoms with van der Waals surface area (Å²) in [5, 5.41) is 8.90. The molecule has 1 heterocycles. The van der Waals surface area contributed by atoms with Gasteiger partial charge in [0.25, 0.3) is 0 Å². The molecule has 0 bridgehead atoms. The molecule has 92 valence electrons. The molecule has 1 aromatic rings. The number of rotatable bonds is 4. The van der Waals surface area contributed by atoms with Crippen LogP contribution in [0.5, 0.6) is 0 Å². The summed E-state index contributed by atoms with van der Waals surface area (Å²) < 4.78 is 1.10. The van der Waals surface area contributed by atoms with E-state index in [1.54, 1.807) is 37.1 Å². The molecule has 5 heteroatoms. The molecule has 0 aromatic carbocycles. The molecular formula is C12H15BrN2OS. The second kappa shape index (κ2) is 5.65. The van der Waals surface area contributed by atoms with Crippen molar-refractivity contribution >= 4 is 33.2 Å². The molecule has 0 radical (unpaired) electrons. The number of carbonyl (C=O) groups excluding carboxylic acids is 1. The molecule has 3 nitrogen and oxygen atoms in total. The molecule has 1 amide bonds. The van der Waals surface area contributed by atoms with Crippen LogP contribution in [0.1, 0.15) is 18.7 Å². The first-order chi connectivity index (χ1) is 7.86. The molecule has 0 saturated carbocycles. The molecule has 0 aliphatic carbocycles. The zero-order chi connectivity index (χ0) is 13.1. The number of thiophene rings is 1. The lowest BCUT2D eigenvalue weighted by atomic mass is 9.94. The lowest BCUT2D eigenvalue weighted by Crippen LogP contribution is -2.38. The van der Waals surface area contributed by atoms with Gasteiger partial charge in [-0.25, -0.2) is 0 Å². The third kappa shape index (κ3) is 3.83. The van der Waals surface area contributed by atoms with Gasteiger partial charge in [-0.1, -0.05) is 0 Å². The van der Waals surface area contributed by atoms with Gasteiger partial charge in [0.05, 0.1) is 9.86 Å². The average Bonchev–Trinajstić information content (AvgIpc) is 2.71. The summed E-state index contributed by atoms with van der Waals surface area (Å²) in [6, 6.07) is 6.07. The molecule has 0 aliphatic heterocycles. The van der Waals surface area contributed by atoms with Crippen molar-refractivity contribution in [2.24, 2.45) is 5.41 Å². The van der Waals surface area contributed by atoms with Crippen molar-refractivity contribution in [2.45, 2.75) is 20.3 Å². The summed E-state index contributed by atoms with van der Waals surface area (Å²) in [4.78, 5) is 14.8. The van der Waals surface area contributed by atoms with Crippen molar-refractivity contribution in [1.29, 1.82) is 5.26 Å². The number of hydrogen-bond donors (Lipinski definition) is 0. The van der Waals surface area contributed by atoms with Gasteiger partial charge >= 0.3 is 0 Å². The third-order valence-corrected chi connectivity index (χ3v) is 4.17. The van der Waals surface area contributed by atoms with Crippen LogP contribution < -0.4 is 0 Å². The Bertz CT molecular complexity index is 448. The van der Waals surface area contributed by atoms with Crippen molar-refractivity contribution in [3.05, 3.63) is 20.8 Å². The van der Waals surface area contributed by atoms with E-state index in [9.17, 15) is 4.79 Å². The Labute approximate surface area is 114 Å². The van der Waals surface area contributed by atoms with Crippen LogP contribution in [-0.4, -0.2) is 24.4 Å². The lowest BCUT2D eigenvalue weighted by molar-refractivity contribution is -0.136. The van der Waals surface area contributed by atoms with E-state index >= 15 is 0 Å². The summed E-state index contributed by atoms with van der Waals surface area (Å²) in [5.41, 5.74) is -0.940. The van der Waals surface area contributed by atoms with Crippen molar-refractivity contribution in [3.8, 4) is 6.07 Å². The maximum atomic E-state index is 11.9. The number of nitriles is 1. The monoisotopic (exact) mass is 314 g/mol. The van der Waals surface area contributed by atoms with Crippen molar-refractivity contribution in [1.82, 2.24) is 4.90 Å². The highest BCUT2D eigenvalue weighted by atomic mass is 79.9. The molecule has 0 fully saturated rings. The fraction of sp³-hybridized carbons (Fsp3) is 0.500. The highest BCUT2D eigenvalue weighted by Crippen LogP contribution is 2.23. The van der Waals surface area contributed by atoms with Crippen molar-refractivity contribution in [3.63, 3.8) is 0 Å². The maximum absolute atomic E-state index is 11.9. The lowest BCUT2D eigenvalue weighted by Gasteiger charge is -2.23. The quantitative estimate of drug-likeness (QED) is 0.857. The summed E-state index contributed by atoms with van der Waals surface area (Å²) in [6.07, 6.45) is 0.819. The van der Waals surface area contributed by atoms with Gasteiger partial charge in [0.2, 0.25) is 5.91 Å². The van der Waals surface area contributed by atoms with Crippen molar-refractivity contribution < 1.29 is 4.79 Å². The Morgan fingerprint density at radius 1 is 1.59 bits per heavy atom. The van der Waals surface area contributed by atoms with E-state index in [1.807, 2.05) is 18.2 Å². The molecule has 0 saturated heterocycles. The fourth-order valence-corrected chi connectivity index (χ4v) is 2.86. The van der Waals surface area contributed by atoms with Crippen molar-refractivity contribution in [2.75, 3.05) is 13.6 Å². The number of hydrogen-bond acceptors (Lipinski definition) is 3. The van der Waals surface area contributed by atoms with Crippen LogP contribution in [0.4, 0.5) is 0 Å². The van der Waals surface area contributed by atoms with Crippen LogP contribution in [-0.2, 0) is 11.2 Å². The predicted octanol–water partition coefficient (Wildman–Crippen LogP) is 3.06. The second-order valence-corrected chi connectivity index (χ2v) is 6.97. The number of halogens is 1. The zero-order valence-electron chi connectivity index (χ0n) is 10.2. The molecule has 17 heavy (non-hydrogen) atoms. The van der Waals surface area contributed by atoms with E-state index in [4.69, 9.17) is 5.26 Å². The molecule has 0 N–H and O–H groups in total. The highest BCUT2D eigenvalue weighted by molar-refractivity contribution is 9.11. The highest BCUT2D eigenvalue weighted by Gasteiger charge is 2.29. The van der Waals surface area contributed by atoms with E-state index in [1.165, 1.54) is 4.88 Å². The fourth-order valence-electron chi connectivity index (χ4n) is 1.39. The first-order valence-electron chi connectivity index (χ1n) is 5.28. The number of carbonyl (C=O) groups is 1. The Morgan fingerprint density at radius 2 is 2.24 bits per heavy atom. The zero-order valence-corrected chi connectivity index (χ0v) is 12.6. The van der Waals surface area contributed by atoms with E-state index < -0.39 is 5.41 Å². The van der Waals surface area contributed by atoms with Gasteiger partial charge in [-0.15, -0.1) is 11.3 Å². The molecule has 1 rings (SSSR count). The van der Waals surface area contributed by atoms with E-state index in [0.29, 0.717) is 6.54 Å². The predicted molar refractivity (Wildman–Crippen MR) is 72.8 cm³/mol. The van der Waals surface area contributed by atoms with Gasteiger partial charge in [-0.2, -0.15) is 5.26 Å². The average molecular weight is 315 g/mol. The first kappa shape index (κ1) is 14.2. The largest absolute Gasteiger partial charge is 0.344 e. The molecule has 1 aromatic heterocycles. The van der Waals surface area contributed by atoms with Gasteiger partial charge in [0.1, 0.15) is 5.41 Å². The van der Waals surface area contributed by atoms with Gasteiger partial charge in [-0.05, 0) is 48.3 Å². The summed E-state index contributed by atoms with van der Waals surface area (Å²) in [6.45, 7) is 3.93. The topological polar surface area (TPSA) is 44.1 Å². The van der Waals surface area contributed by atoms with Crippen LogP contribution in [0.3, 0.4) is 0 Å². The van der Waals surface area contributed by atoms with Crippen LogP contribution >= 0.6 is 27.3 Å². The minimum atomic E-state index is -0.940. The van der Waals surface area contributed by atoms with Crippen LogP contribution in [0.15, 0.2) is 15.9 Å². The Morgan fingerprint density at radius 3 is 2.71 bits per heavy atom. The van der Waals surface area contributed by atoms with Gasteiger partial charge < -0.3 is 4.90 Å². The summed E-state index contributed by atoms with van der Waals surface area (Å²) >= 11 is 5.07. The molecule has 0 atom stereocenters. The first-order valence-corrected chi connectivity index (χ1v) is 6.89. The normalized spacial score (nSPS) is 11.0. The number of nitrogens with zero attached hydrogens (tertiary/aromatic N) is 2. The Kier molecular flexibility index (Phi) is 4.72. The molecular weight excluding hydrogens is 300 g/mol. The second-order valence-electron chi connectivity index (χ2n) is 4.42.